The van der Waals surface area contributed by atoms with Crippen LogP contribution in [0.1, 0.15) is 24.6 Å². The number of nitrogens with two attached hydrogens (primary N) is 1. The van der Waals surface area contributed by atoms with E-state index in [1.165, 1.54) is 0 Å². The van der Waals surface area contributed by atoms with E-state index in [9.17, 15) is 0 Å². The molecule has 1 atom stereocenters. The number of H-pyrrole nitrogens is 1. The van der Waals surface area contributed by atoms with Crippen LogP contribution in [-0.4, -0.2) is 29.7 Å². The minimum Gasteiger partial charge on any atom is -0.381 e. The summed E-state index contributed by atoms with van der Waals surface area (Å²) in [5.41, 5.74) is 5.79. The zero-order chi connectivity index (χ0) is 9.80. The van der Waals surface area contributed by atoms with Gasteiger partial charge in [-0.1, -0.05) is 0 Å². The molecule has 14 heavy (non-hydrogen) atoms. The highest BCUT2D eigenvalue weighted by atomic mass is 16.5. The molecule has 2 heterocycles. The first-order chi connectivity index (χ1) is 6.92. The molecule has 3 N–H and O–H groups in total. The maximum Gasteiger partial charge on any atom is 0.110 e. The van der Waals surface area contributed by atoms with E-state index in [-0.39, 0.29) is 0 Å². The van der Waals surface area contributed by atoms with Gasteiger partial charge in [0.1, 0.15) is 5.82 Å². The summed E-state index contributed by atoms with van der Waals surface area (Å²) in [5, 5.41) is 0. The minimum atomic E-state index is 0.369. The van der Waals surface area contributed by atoms with E-state index < -0.39 is 0 Å². The number of nitrogens with zero attached hydrogens (tertiary/aromatic N) is 1. The molecule has 0 aliphatic carbocycles. The van der Waals surface area contributed by atoms with Crippen molar-refractivity contribution in [2.24, 2.45) is 11.7 Å². The highest BCUT2D eigenvalue weighted by Gasteiger charge is 2.25. The summed E-state index contributed by atoms with van der Waals surface area (Å²) in [6.07, 6.45) is 5.85. The fourth-order valence-corrected chi connectivity index (χ4v) is 2.13. The molecule has 0 amide bonds. The molecule has 0 radical (unpaired) electrons. The van der Waals surface area contributed by atoms with Gasteiger partial charge in [0.2, 0.25) is 0 Å². The smallest absolute Gasteiger partial charge is 0.110 e. The van der Waals surface area contributed by atoms with Crippen LogP contribution < -0.4 is 5.73 Å². The lowest BCUT2D eigenvalue weighted by atomic mass is 9.85. The second kappa shape index (κ2) is 4.57. The van der Waals surface area contributed by atoms with E-state index >= 15 is 0 Å². The van der Waals surface area contributed by atoms with Crippen molar-refractivity contribution in [1.29, 1.82) is 0 Å². The van der Waals surface area contributed by atoms with Crippen LogP contribution in [0.4, 0.5) is 0 Å². The van der Waals surface area contributed by atoms with Gasteiger partial charge in [-0.2, -0.15) is 0 Å². The van der Waals surface area contributed by atoms with Gasteiger partial charge in [0.05, 0.1) is 0 Å². The third-order valence-corrected chi connectivity index (χ3v) is 2.96. The fraction of sp³-hybridized carbons (Fsp3) is 0.700. The monoisotopic (exact) mass is 195 g/mol. The normalized spacial score (nSPS) is 20.9. The lowest BCUT2D eigenvalue weighted by molar-refractivity contribution is 0.0578. The van der Waals surface area contributed by atoms with Gasteiger partial charge in [0.25, 0.3) is 0 Å². The topological polar surface area (TPSA) is 63.9 Å². The average Bonchev–Trinajstić information content (AvgIpc) is 2.74. The van der Waals surface area contributed by atoms with Gasteiger partial charge in [-0.25, -0.2) is 4.98 Å². The molecule has 1 aliphatic rings. The van der Waals surface area contributed by atoms with Crippen LogP contribution in [0.5, 0.6) is 0 Å². The Kier molecular flexibility index (Phi) is 3.16. The first-order valence-electron chi connectivity index (χ1n) is 5.19. The van der Waals surface area contributed by atoms with Gasteiger partial charge in [-0.3, -0.25) is 0 Å². The van der Waals surface area contributed by atoms with Crippen molar-refractivity contribution in [2.45, 2.75) is 18.8 Å². The predicted molar refractivity (Wildman–Crippen MR) is 53.9 cm³/mol. The standard InChI is InChI=1S/C10H17N3O/c11-7-9(10-12-3-4-13-10)8-1-5-14-6-2-8/h3-4,8-9H,1-2,5-7,11H2,(H,12,13). The molecule has 1 unspecified atom stereocenters. The van der Waals surface area contributed by atoms with Crippen LogP contribution in [0.3, 0.4) is 0 Å². The third-order valence-electron chi connectivity index (χ3n) is 2.96. The Bertz CT molecular complexity index is 254. The molecule has 4 nitrogen and oxygen atoms in total. The van der Waals surface area contributed by atoms with Gasteiger partial charge >= 0.3 is 0 Å². The lowest BCUT2D eigenvalue weighted by Crippen LogP contribution is -2.27. The minimum absolute atomic E-state index is 0.369. The molecule has 1 fully saturated rings. The molecule has 0 bridgehead atoms. The summed E-state index contributed by atoms with van der Waals surface area (Å²) in [6.45, 7) is 2.39. The van der Waals surface area contributed by atoms with E-state index in [4.69, 9.17) is 10.5 Å². The average molecular weight is 195 g/mol. The molecular formula is C10H17N3O. The Morgan fingerprint density at radius 1 is 1.57 bits per heavy atom. The van der Waals surface area contributed by atoms with Crippen LogP contribution in [0.2, 0.25) is 0 Å². The first-order valence-corrected chi connectivity index (χ1v) is 5.19. The summed E-state index contributed by atoms with van der Waals surface area (Å²) in [4.78, 5) is 7.44. The summed E-state index contributed by atoms with van der Waals surface area (Å²) in [7, 11) is 0. The van der Waals surface area contributed by atoms with Gasteiger partial charge in [0.15, 0.2) is 0 Å². The fourth-order valence-electron chi connectivity index (χ4n) is 2.13. The molecule has 1 aromatic rings. The Balaban J connectivity index is 2.04. The summed E-state index contributed by atoms with van der Waals surface area (Å²) in [6, 6.07) is 0. The van der Waals surface area contributed by atoms with Crippen molar-refractivity contribution in [3.05, 3.63) is 18.2 Å². The number of hydrogen-bond donors (Lipinski definition) is 2. The number of rotatable bonds is 3. The Morgan fingerprint density at radius 3 is 2.93 bits per heavy atom. The zero-order valence-electron chi connectivity index (χ0n) is 8.28. The van der Waals surface area contributed by atoms with E-state index in [0.717, 1.165) is 31.9 Å². The first kappa shape index (κ1) is 9.68. The summed E-state index contributed by atoms with van der Waals surface area (Å²) in [5.74, 6) is 2.02. The van der Waals surface area contributed by atoms with Gasteiger partial charge in [-0.05, 0) is 18.8 Å². The van der Waals surface area contributed by atoms with Crippen molar-refractivity contribution in [2.75, 3.05) is 19.8 Å². The van der Waals surface area contributed by atoms with Crippen molar-refractivity contribution in [3.8, 4) is 0 Å². The van der Waals surface area contributed by atoms with Crippen molar-refractivity contribution >= 4 is 0 Å². The summed E-state index contributed by atoms with van der Waals surface area (Å²) < 4.78 is 5.34. The van der Waals surface area contributed by atoms with Crippen molar-refractivity contribution < 1.29 is 4.74 Å². The Morgan fingerprint density at radius 2 is 2.36 bits per heavy atom. The van der Waals surface area contributed by atoms with Crippen LogP contribution in [-0.2, 0) is 4.74 Å². The van der Waals surface area contributed by atoms with E-state index in [1.807, 2.05) is 6.20 Å². The van der Waals surface area contributed by atoms with Gasteiger partial charge in [0, 0.05) is 38.1 Å². The molecule has 4 heteroatoms. The van der Waals surface area contributed by atoms with Crippen molar-refractivity contribution in [3.63, 3.8) is 0 Å². The quantitative estimate of drug-likeness (QED) is 0.752. The number of aromatic nitrogens is 2. The van der Waals surface area contributed by atoms with Crippen LogP contribution >= 0.6 is 0 Å². The zero-order valence-corrected chi connectivity index (χ0v) is 8.28. The number of hydrogen-bond acceptors (Lipinski definition) is 3. The van der Waals surface area contributed by atoms with E-state index in [1.54, 1.807) is 6.20 Å². The number of aromatic amines is 1. The maximum atomic E-state index is 5.79. The van der Waals surface area contributed by atoms with Crippen molar-refractivity contribution in [1.82, 2.24) is 9.97 Å². The van der Waals surface area contributed by atoms with E-state index in [0.29, 0.717) is 18.4 Å². The molecule has 1 aliphatic heterocycles. The molecule has 0 aromatic carbocycles. The number of nitrogens with one attached hydrogen (secondary N) is 1. The molecule has 1 saturated heterocycles. The van der Waals surface area contributed by atoms with Gasteiger partial charge < -0.3 is 15.5 Å². The molecule has 0 spiro atoms. The molecule has 2 rings (SSSR count). The molecule has 78 valence electrons. The van der Waals surface area contributed by atoms with Crippen LogP contribution in [0.15, 0.2) is 12.4 Å². The van der Waals surface area contributed by atoms with Crippen LogP contribution in [0.25, 0.3) is 0 Å². The SMILES string of the molecule is NCC(c1ncc[nH]1)C1CCOCC1. The molecule has 1 aromatic heterocycles. The Hall–Kier alpha value is -0.870. The number of imidazole rings is 1. The highest BCUT2D eigenvalue weighted by molar-refractivity contribution is 5.00. The second-order valence-electron chi connectivity index (χ2n) is 3.77. The summed E-state index contributed by atoms with van der Waals surface area (Å²) >= 11 is 0. The number of ether oxygens (including phenoxy) is 1. The van der Waals surface area contributed by atoms with E-state index in [2.05, 4.69) is 9.97 Å². The molecular weight excluding hydrogens is 178 g/mol. The lowest BCUT2D eigenvalue weighted by Gasteiger charge is -2.28. The predicted octanol–water partition coefficient (Wildman–Crippen LogP) is 0.879. The van der Waals surface area contributed by atoms with Crippen LogP contribution in [0, 0.1) is 5.92 Å². The maximum absolute atomic E-state index is 5.79. The second-order valence-corrected chi connectivity index (χ2v) is 3.77. The molecule has 0 saturated carbocycles. The third kappa shape index (κ3) is 1.96. The largest absolute Gasteiger partial charge is 0.381 e. The highest BCUT2D eigenvalue weighted by Crippen LogP contribution is 2.29. The Labute approximate surface area is 83.9 Å². The van der Waals surface area contributed by atoms with Gasteiger partial charge in [-0.15, -0.1) is 0 Å².